The van der Waals surface area contributed by atoms with E-state index in [0.717, 1.165) is 40.2 Å². The average molecular weight is 383 g/mol. The lowest BCUT2D eigenvalue weighted by Crippen LogP contribution is -2.23. The number of hydrogen-bond donors (Lipinski definition) is 4. The Bertz CT molecular complexity index is 981. The molecular weight excluding hydrogens is 362 g/mol. The Kier molecular flexibility index (Phi) is 4.93. The number of thiazole rings is 1. The van der Waals surface area contributed by atoms with Gasteiger partial charge in [-0.15, -0.1) is 0 Å². The van der Waals surface area contributed by atoms with E-state index in [2.05, 4.69) is 21.2 Å². The second kappa shape index (κ2) is 7.51. The lowest BCUT2D eigenvalue weighted by molar-refractivity contribution is 0.0950. The fraction of sp³-hybridized carbons (Fsp3) is 0.263. The van der Waals surface area contributed by atoms with E-state index >= 15 is 0 Å². The third-order valence-electron chi connectivity index (χ3n) is 4.68. The van der Waals surface area contributed by atoms with Crippen LogP contribution in [0.3, 0.4) is 0 Å². The number of anilines is 1. The molecule has 0 aliphatic carbocycles. The van der Waals surface area contributed by atoms with Crippen LogP contribution in [-0.2, 0) is 6.54 Å². The van der Waals surface area contributed by atoms with Gasteiger partial charge >= 0.3 is 0 Å². The van der Waals surface area contributed by atoms with Gasteiger partial charge in [0.25, 0.3) is 5.91 Å². The molecule has 3 aromatic rings. The highest BCUT2D eigenvalue weighted by atomic mass is 32.1. The largest absolute Gasteiger partial charge is 0.496 e. The van der Waals surface area contributed by atoms with Gasteiger partial charge in [0.1, 0.15) is 5.75 Å². The van der Waals surface area contributed by atoms with Crippen molar-refractivity contribution in [1.29, 1.82) is 0 Å². The molecule has 0 bridgehead atoms. The van der Waals surface area contributed by atoms with Gasteiger partial charge in [0.05, 0.1) is 17.3 Å². The number of amides is 1. The van der Waals surface area contributed by atoms with Crippen LogP contribution in [0.2, 0.25) is 0 Å². The standard InChI is InChI=1S/C19H21N5O2S/c1-26-16-7-12(3-4-14(16)13-9-22-23-10-13)18(25)21-8-11-2-5-15-17(6-11)27-19(20)24-15/h2-7,13,22-23H,8-10H2,1H3,(H2,20,24)(H,21,25). The topological polar surface area (TPSA) is 101 Å². The van der Waals surface area contributed by atoms with E-state index in [-0.39, 0.29) is 5.91 Å². The number of hydrogen-bond acceptors (Lipinski definition) is 7. The number of nitrogens with zero attached hydrogens (tertiary/aromatic N) is 1. The zero-order valence-corrected chi connectivity index (χ0v) is 15.7. The molecule has 0 spiro atoms. The van der Waals surface area contributed by atoms with Gasteiger partial charge in [0.15, 0.2) is 5.13 Å². The average Bonchev–Trinajstić information content (AvgIpc) is 3.33. The molecule has 1 fully saturated rings. The zero-order valence-electron chi connectivity index (χ0n) is 14.9. The summed E-state index contributed by atoms with van der Waals surface area (Å²) in [7, 11) is 1.63. The number of carbonyl (C=O) groups excluding carboxylic acids is 1. The second-order valence-corrected chi connectivity index (χ2v) is 7.51. The maximum atomic E-state index is 12.6. The predicted octanol–water partition coefficient (Wildman–Crippen LogP) is 2.01. The van der Waals surface area contributed by atoms with Crippen LogP contribution in [0, 0.1) is 0 Å². The number of fused-ring (bicyclic) bond motifs is 1. The number of carbonyl (C=O) groups is 1. The molecule has 1 aliphatic heterocycles. The van der Waals surface area contributed by atoms with E-state index in [1.54, 1.807) is 13.2 Å². The summed E-state index contributed by atoms with van der Waals surface area (Å²) in [5.41, 5.74) is 15.5. The monoisotopic (exact) mass is 383 g/mol. The summed E-state index contributed by atoms with van der Waals surface area (Å²) in [5, 5.41) is 3.51. The third kappa shape index (κ3) is 3.73. The lowest BCUT2D eigenvalue weighted by atomic mass is 9.97. The van der Waals surface area contributed by atoms with Crippen molar-refractivity contribution in [3.8, 4) is 5.75 Å². The summed E-state index contributed by atoms with van der Waals surface area (Å²) in [5.74, 6) is 0.932. The summed E-state index contributed by atoms with van der Waals surface area (Å²) < 4.78 is 6.53. The van der Waals surface area contributed by atoms with Gasteiger partial charge in [-0.05, 0) is 35.4 Å². The van der Waals surface area contributed by atoms with Crippen LogP contribution in [0.4, 0.5) is 5.13 Å². The number of hydrazine groups is 1. The van der Waals surface area contributed by atoms with Crippen LogP contribution in [0.5, 0.6) is 5.75 Å². The number of nitrogens with one attached hydrogen (secondary N) is 3. The molecule has 1 amide bonds. The van der Waals surface area contributed by atoms with Crippen molar-refractivity contribution in [2.75, 3.05) is 25.9 Å². The van der Waals surface area contributed by atoms with Gasteiger partial charge in [0.2, 0.25) is 0 Å². The number of nitrogens with two attached hydrogens (primary N) is 1. The summed E-state index contributed by atoms with van der Waals surface area (Å²) in [6.45, 7) is 2.12. The number of rotatable bonds is 5. The van der Waals surface area contributed by atoms with Crippen molar-refractivity contribution in [2.24, 2.45) is 0 Å². The van der Waals surface area contributed by atoms with Crippen molar-refractivity contribution >= 4 is 32.6 Å². The highest BCUT2D eigenvalue weighted by Crippen LogP contribution is 2.29. The smallest absolute Gasteiger partial charge is 0.251 e. The molecule has 140 valence electrons. The number of ether oxygens (including phenoxy) is 1. The Labute approximate surface area is 160 Å². The summed E-state index contributed by atoms with van der Waals surface area (Å²) >= 11 is 1.44. The molecule has 7 nitrogen and oxygen atoms in total. The van der Waals surface area contributed by atoms with Crippen LogP contribution in [0.25, 0.3) is 10.2 Å². The first kappa shape index (κ1) is 17.7. The molecule has 0 saturated carbocycles. The van der Waals surface area contributed by atoms with E-state index in [1.165, 1.54) is 11.3 Å². The Hall–Kier alpha value is -2.68. The molecule has 4 rings (SSSR count). The first-order valence-corrected chi connectivity index (χ1v) is 9.52. The minimum atomic E-state index is -0.133. The van der Waals surface area contributed by atoms with Gasteiger partial charge in [-0.3, -0.25) is 15.6 Å². The molecule has 0 atom stereocenters. The lowest BCUT2D eigenvalue weighted by Gasteiger charge is -2.14. The molecule has 5 N–H and O–H groups in total. The highest BCUT2D eigenvalue weighted by Gasteiger charge is 2.21. The molecule has 0 radical (unpaired) electrons. The summed E-state index contributed by atoms with van der Waals surface area (Å²) in [6, 6.07) is 11.5. The Balaban J connectivity index is 1.46. The molecular formula is C19H21N5O2S. The Morgan fingerprint density at radius 2 is 2.11 bits per heavy atom. The zero-order chi connectivity index (χ0) is 18.8. The summed E-state index contributed by atoms with van der Waals surface area (Å²) in [6.07, 6.45) is 0. The molecule has 27 heavy (non-hydrogen) atoms. The highest BCUT2D eigenvalue weighted by molar-refractivity contribution is 7.22. The van der Waals surface area contributed by atoms with Crippen molar-refractivity contribution in [3.63, 3.8) is 0 Å². The molecule has 1 aromatic heterocycles. The fourth-order valence-corrected chi connectivity index (χ4v) is 4.05. The molecule has 8 heteroatoms. The van der Waals surface area contributed by atoms with Gasteiger partial charge < -0.3 is 15.8 Å². The minimum absolute atomic E-state index is 0.133. The fourth-order valence-electron chi connectivity index (χ4n) is 3.25. The van der Waals surface area contributed by atoms with Crippen LogP contribution in [-0.4, -0.2) is 31.1 Å². The number of aromatic nitrogens is 1. The number of nitrogen functional groups attached to an aromatic ring is 1. The molecule has 1 aliphatic rings. The normalized spacial score (nSPS) is 14.6. The minimum Gasteiger partial charge on any atom is -0.496 e. The first-order chi connectivity index (χ1) is 13.1. The van der Waals surface area contributed by atoms with Gasteiger partial charge in [-0.1, -0.05) is 23.5 Å². The molecule has 2 aromatic carbocycles. The quantitative estimate of drug-likeness (QED) is 0.538. The number of methoxy groups -OCH3 is 1. The van der Waals surface area contributed by atoms with Crippen molar-refractivity contribution in [3.05, 3.63) is 53.1 Å². The SMILES string of the molecule is COc1cc(C(=O)NCc2ccc3nc(N)sc3c2)ccc1C1CNNC1. The van der Waals surface area contributed by atoms with Crippen LogP contribution >= 0.6 is 11.3 Å². The van der Waals surface area contributed by atoms with Gasteiger partial charge in [-0.2, -0.15) is 0 Å². The maximum Gasteiger partial charge on any atom is 0.251 e. The molecule has 0 unspecified atom stereocenters. The van der Waals surface area contributed by atoms with Crippen molar-refractivity contribution in [1.82, 2.24) is 21.2 Å². The first-order valence-electron chi connectivity index (χ1n) is 8.71. The molecule has 1 saturated heterocycles. The van der Waals surface area contributed by atoms with Crippen LogP contribution in [0.15, 0.2) is 36.4 Å². The summed E-state index contributed by atoms with van der Waals surface area (Å²) in [4.78, 5) is 16.8. The third-order valence-corrected chi connectivity index (χ3v) is 5.53. The predicted molar refractivity (Wildman–Crippen MR) is 107 cm³/mol. The maximum absolute atomic E-state index is 12.6. The van der Waals surface area contributed by atoms with E-state index in [4.69, 9.17) is 10.5 Å². The second-order valence-electron chi connectivity index (χ2n) is 6.45. The Morgan fingerprint density at radius 1 is 1.30 bits per heavy atom. The van der Waals surface area contributed by atoms with E-state index < -0.39 is 0 Å². The number of benzene rings is 2. The van der Waals surface area contributed by atoms with Crippen LogP contribution < -0.4 is 26.6 Å². The Morgan fingerprint density at radius 3 is 2.89 bits per heavy atom. The van der Waals surface area contributed by atoms with E-state index in [9.17, 15) is 4.79 Å². The molecule has 2 heterocycles. The van der Waals surface area contributed by atoms with E-state index in [0.29, 0.717) is 23.2 Å². The van der Waals surface area contributed by atoms with Crippen LogP contribution in [0.1, 0.15) is 27.4 Å². The van der Waals surface area contributed by atoms with Gasteiger partial charge in [-0.25, -0.2) is 4.98 Å². The van der Waals surface area contributed by atoms with E-state index in [1.807, 2.05) is 30.3 Å². The van der Waals surface area contributed by atoms with Crippen molar-refractivity contribution < 1.29 is 9.53 Å². The van der Waals surface area contributed by atoms with Gasteiger partial charge in [0, 0.05) is 31.1 Å². The van der Waals surface area contributed by atoms with Crippen molar-refractivity contribution in [2.45, 2.75) is 12.5 Å².